The minimum Gasteiger partial charge on any atom is -0.377 e. The van der Waals surface area contributed by atoms with E-state index in [0.717, 1.165) is 16.3 Å². The third-order valence-corrected chi connectivity index (χ3v) is 3.62. The van der Waals surface area contributed by atoms with Gasteiger partial charge in [0.2, 0.25) is 0 Å². The number of hydrogen-bond acceptors (Lipinski definition) is 2. The molecule has 1 unspecified atom stereocenters. The minimum atomic E-state index is -1.39. The molecule has 1 N–H and O–H groups in total. The summed E-state index contributed by atoms with van der Waals surface area (Å²) in [6.07, 6.45) is 4.02. The number of carbonyl (C=O) groups is 1. The Bertz CT molecular complexity index is 665. The molecule has 90 valence electrons. The normalized spacial score (nSPS) is 22.2. The Labute approximate surface area is 106 Å². The maximum atomic E-state index is 12.4. The predicted molar refractivity (Wildman–Crippen MR) is 71.6 cm³/mol. The van der Waals surface area contributed by atoms with E-state index in [-0.39, 0.29) is 5.78 Å². The molecule has 0 saturated heterocycles. The van der Waals surface area contributed by atoms with Gasteiger partial charge in [0.05, 0.1) is 0 Å². The van der Waals surface area contributed by atoms with E-state index in [2.05, 4.69) is 0 Å². The molecule has 0 spiro atoms. The van der Waals surface area contributed by atoms with Crippen molar-refractivity contribution in [2.75, 3.05) is 0 Å². The monoisotopic (exact) mass is 238 g/mol. The summed E-state index contributed by atoms with van der Waals surface area (Å²) in [4.78, 5) is 12.4. The number of benzene rings is 2. The van der Waals surface area contributed by atoms with Gasteiger partial charge in [0, 0.05) is 17.5 Å². The molecule has 0 fully saturated rings. The van der Waals surface area contributed by atoms with E-state index < -0.39 is 5.60 Å². The summed E-state index contributed by atoms with van der Waals surface area (Å²) < 4.78 is 0. The van der Waals surface area contributed by atoms with Gasteiger partial charge in [0.25, 0.3) is 0 Å². The van der Waals surface area contributed by atoms with Crippen LogP contribution in [0.4, 0.5) is 0 Å². The average molecular weight is 238 g/mol. The van der Waals surface area contributed by atoms with Crippen LogP contribution < -0.4 is 0 Å². The molecule has 1 aliphatic carbocycles. The van der Waals surface area contributed by atoms with E-state index in [4.69, 9.17) is 0 Å². The van der Waals surface area contributed by atoms with Crippen LogP contribution in [-0.2, 0) is 5.60 Å². The molecule has 0 amide bonds. The van der Waals surface area contributed by atoms with Crippen molar-refractivity contribution in [1.82, 2.24) is 0 Å². The second-order valence-electron chi connectivity index (χ2n) is 4.67. The van der Waals surface area contributed by atoms with Crippen LogP contribution in [0.3, 0.4) is 0 Å². The molecule has 0 saturated carbocycles. The molecule has 0 heterocycles. The fourth-order valence-corrected chi connectivity index (χ4v) is 2.71. The lowest BCUT2D eigenvalue weighted by molar-refractivity contribution is 0.0346. The maximum absolute atomic E-state index is 12.4. The van der Waals surface area contributed by atoms with Crippen LogP contribution in [0.25, 0.3) is 10.8 Å². The highest BCUT2D eigenvalue weighted by atomic mass is 16.3. The zero-order valence-corrected chi connectivity index (χ0v) is 10.2. The first-order valence-electron chi connectivity index (χ1n) is 6.09. The van der Waals surface area contributed by atoms with Crippen molar-refractivity contribution in [3.63, 3.8) is 0 Å². The summed E-state index contributed by atoms with van der Waals surface area (Å²) in [7, 11) is 0. The predicted octanol–water partition coefficient (Wildman–Crippen LogP) is 3.19. The molecular formula is C16H14O2. The van der Waals surface area contributed by atoms with Crippen LogP contribution in [-0.4, -0.2) is 10.9 Å². The Kier molecular flexibility index (Phi) is 2.35. The lowest BCUT2D eigenvalue weighted by Gasteiger charge is -2.20. The van der Waals surface area contributed by atoms with Crippen molar-refractivity contribution < 1.29 is 9.90 Å². The number of allylic oxidation sites excluding steroid dienone is 1. The molecule has 0 radical (unpaired) electrons. The number of rotatable bonds is 2. The van der Waals surface area contributed by atoms with Gasteiger partial charge < -0.3 is 5.11 Å². The molecule has 2 aromatic rings. The zero-order valence-electron chi connectivity index (χ0n) is 10.2. The van der Waals surface area contributed by atoms with Crippen molar-refractivity contribution in [3.05, 3.63) is 59.7 Å². The highest BCUT2D eigenvalue weighted by Crippen LogP contribution is 2.42. The number of Topliss-reactive ketones (excluding diaryl/α,β-unsaturated/α-hetero) is 1. The van der Waals surface area contributed by atoms with Gasteiger partial charge in [0.15, 0.2) is 11.4 Å². The van der Waals surface area contributed by atoms with E-state index in [0.29, 0.717) is 12.0 Å². The molecule has 18 heavy (non-hydrogen) atoms. The lowest BCUT2D eigenvalue weighted by atomic mass is 9.90. The quantitative estimate of drug-likeness (QED) is 0.816. The van der Waals surface area contributed by atoms with E-state index in [1.807, 2.05) is 49.4 Å². The highest BCUT2D eigenvalue weighted by molar-refractivity contribution is 6.19. The fourth-order valence-electron chi connectivity index (χ4n) is 2.71. The van der Waals surface area contributed by atoms with Crippen LogP contribution in [0.5, 0.6) is 0 Å². The average Bonchev–Trinajstić information content (AvgIpc) is 2.62. The fraction of sp³-hybridized carbons (Fsp3) is 0.188. The van der Waals surface area contributed by atoms with E-state index in [9.17, 15) is 9.90 Å². The van der Waals surface area contributed by atoms with E-state index >= 15 is 0 Å². The molecule has 0 aromatic heterocycles. The van der Waals surface area contributed by atoms with Crippen molar-refractivity contribution in [2.24, 2.45) is 0 Å². The largest absolute Gasteiger partial charge is 0.377 e. The van der Waals surface area contributed by atoms with Crippen LogP contribution >= 0.6 is 0 Å². The van der Waals surface area contributed by atoms with Gasteiger partial charge >= 0.3 is 0 Å². The van der Waals surface area contributed by atoms with Gasteiger partial charge in [-0.2, -0.15) is 0 Å². The summed E-state index contributed by atoms with van der Waals surface area (Å²) in [6, 6.07) is 11.3. The second kappa shape index (κ2) is 3.79. The van der Waals surface area contributed by atoms with Gasteiger partial charge in [-0.05, 0) is 17.7 Å². The van der Waals surface area contributed by atoms with E-state index in [1.165, 1.54) is 0 Å². The molecule has 0 aliphatic heterocycles. The summed E-state index contributed by atoms with van der Waals surface area (Å²) in [5.74, 6) is -0.188. The van der Waals surface area contributed by atoms with Gasteiger partial charge in [-0.1, -0.05) is 48.6 Å². The number of hydrogen-bond donors (Lipinski definition) is 1. The molecule has 0 bridgehead atoms. The van der Waals surface area contributed by atoms with Gasteiger partial charge in [-0.25, -0.2) is 0 Å². The SMILES string of the molecule is C/C=C\CC1(O)C(=O)c2cccc3cccc1c23. The van der Waals surface area contributed by atoms with Crippen LogP contribution in [0.15, 0.2) is 48.6 Å². The van der Waals surface area contributed by atoms with Gasteiger partial charge in [0.1, 0.15) is 0 Å². The third-order valence-electron chi connectivity index (χ3n) is 3.62. The van der Waals surface area contributed by atoms with Crippen molar-refractivity contribution in [3.8, 4) is 0 Å². The van der Waals surface area contributed by atoms with E-state index in [1.54, 1.807) is 6.07 Å². The second-order valence-corrected chi connectivity index (χ2v) is 4.67. The Morgan fingerprint density at radius 2 is 1.94 bits per heavy atom. The standard InChI is InChI=1S/C16H14O2/c1-2-3-10-16(18)13-9-5-7-11-6-4-8-12(14(11)13)15(16)17/h2-9,18H,10H2,1H3/b3-2-. The first kappa shape index (κ1) is 11.2. The van der Waals surface area contributed by atoms with Crippen molar-refractivity contribution in [1.29, 1.82) is 0 Å². The van der Waals surface area contributed by atoms with Crippen molar-refractivity contribution >= 4 is 16.6 Å². The summed E-state index contributed by atoms with van der Waals surface area (Å²) in [5, 5.41) is 12.6. The zero-order chi connectivity index (χ0) is 12.8. The smallest absolute Gasteiger partial charge is 0.199 e. The number of carbonyl (C=O) groups excluding carboxylic acids is 1. The number of ketones is 1. The maximum Gasteiger partial charge on any atom is 0.199 e. The molecule has 1 aliphatic rings. The third kappa shape index (κ3) is 1.30. The molecular weight excluding hydrogens is 224 g/mol. The summed E-state index contributed by atoms with van der Waals surface area (Å²) in [6.45, 7) is 1.89. The highest BCUT2D eigenvalue weighted by Gasteiger charge is 2.44. The van der Waals surface area contributed by atoms with Gasteiger partial charge in [-0.15, -0.1) is 0 Å². The Balaban J connectivity index is 2.31. The van der Waals surface area contributed by atoms with Crippen LogP contribution in [0.1, 0.15) is 29.3 Å². The molecule has 2 nitrogen and oxygen atoms in total. The van der Waals surface area contributed by atoms with Gasteiger partial charge in [-0.3, -0.25) is 4.79 Å². The van der Waals surface area contributed by atoms with Crippen LogP contribution in [0, 0.1) is 0 Å². The minimum absolute atomic E-state index is 0.188. The Morgan fingerprint density at radius 3 is 2.67 bits per heavy atom. The number of aliphatic hydroxyl groups is 1. The summed E-state index contributed by atoms with van der Waals surface area (Å²) in [5.41, 5.74) is -0.0239. The molecule has 2 aromatic carbocycles. The first-order valence-corrected chi connectivity index (χ1v) is 6.09. The summed E-state index contributed by atoms with van der Waals surface area (Å²) >= 11 is 0. The van der Waals surface area contributed by atoms with Crippen molar-refractivity contribution in [2.45, 2.75) is 18.9 Å². The Morgan fingerprint density at radius 1 is 1.22 bits per heavy atom. The Hall–Kier alpha value is -1.93. The van der Waals surface area contributed by atoms with Crippen LogP contribution in [0.2, 0.25) is 0 Å². The molecule has 1 atom stereocenters. The molecule has 3 rings (SSSR count). The first-order chi connectivity index (χ1) is 8.68. The lowest BCUT2D eigenvalue weighted by Crippen LogP contribution is -2.31. The topological polar surface area (TPSA) is 37.3 Å². The molecule has 2 heteroatoms.